The van der Waals surface area contributed by atoms with Crippen molar-refractivity contribution in [2.75, 3.05) is 38.7 Å². The first-order valence-corrected chi connectivity index (χ1v) is 12.0. The van der Waals surface area contributed by atoms with Gasteiger partial charge >= 0.3 is 0 Å². The van der Waals surface area contributed by atoms with Gasteiger partial charge in [0.15, 0.2) is 11.6 Å². The Balaban J connectivity index is 1.41. The molecule has 0 bridgehead atoms. The minimum absolute atomic E-state index is 0.00274. The van der Waals surface area contributed by atoms with Gasteiger partial charge in [-0.2, -0.15) is 4.98 Å². The third-order valence-corrected chi connectivity index (χ3v) is 7.02. The van der Waals surface area contributed by atoms with E-state index in [9.17, 15) is 13.2 Å². The number of methoxy groups -OCH3 is 1. The van der Waals surface area contributed by atoms with Gasteiger partial charge in [-0.1, -0.05) is 0 Å². The third kappa shape index (κ3) is 4.52. The monoisotopic (exact) mass is 558 g/mol. The Labute approximate surface area is 221 Å². The molecule has 6 rings (SSSR count). The summed E-state index contributed by atoms with van der Waals surface area (Å²) in [5.41, 5.74) is -1.22. The van der Waals surface area contributed by atoms with Crippen LogP contribution in [0.2, 0.25) is 0 Å². The van der Waals surface area contributed by atoms with Crippen LogP contribution in [0, 0.1) is 11.6 Å². The fourth-order valence-corrected chi connectivity index (χ4v) is 5.03. The predicted molar refractivity (Wildman–Crippen MR) is 127 cm³/mol. The number of rotatable bonds is 7. The van der Waals surface area contributed by atoms with Crippen LogP contribution in [-0.2, 0) is 11.3 Å². The van der Waals surface area contributed by atoms with E-state index in [1.165, 1.54) is 6.07 Å². The van der Waals surface area contributed by atoms with Crippen molar-refractivity contribution in [1.82, 2.24) is 29.0 Å². The largest absolute Gasteiger partial charge is 0.479 e. The molecule has 0 amide bonds. The van der Waals surface area contributed by atoms with Crippen molar-refractivity contribution < 1.29 is 39.9 Å². The maximum atomic E-state index is 15.4. The highest BCUT2D eigenvalue weighted by molar-refractivity contribution is 5.90. The first-order valence-electron chi connectivity index (χ1n) is 13.5. The lowest BCUT2D eigenvalue weighted by atomic mass is 9.98. The Morgan fingerprint density at radius 1 is 1.26 bits per heavy atom. The number of benzene rings is 1. The van der Waals surface area contributed by atoms with Crippen molar-refractivity contribution in [3.05, 3.63) is 36.3 Å². The van der Waals surface area contributed by atoms with Crippen LogP contribution in [0.4, 0.5) is 32.3 Å². The summed E-state index contributed by atoms with van der Waals surface area (Å²) in [4.78, 5) is 9.42. The molecule has 2 aliphatic rings. The van der Waals surface area contributed by atoms with Gasteiger partial charge in [-0.05, 0) is 24.1 Å². The summed E-state index contributed by atoms with van der Waals surface area (Å²) in [7, 11) is -3.10. The number of likely N-dealkylation sites (tertiary alicyclic amines) is 1. The molecule has 0 aliphatic carbocycles. The molecule has 208 valence electrons. The van der Waals surface area contributed by atoms with Crippen molar-refractivity contribution in [3.8, 4) is 17.0 Å². The highest BCUT2D eigenvalue weighted by atomic mass is 19.3. The van der Waals surface area contributed by atoms with Crippen LogP contribution >= 0.6 is 0 Å². The van der Waals surface area contributed by atoms with Crippen LogP contribution < -0.4 is 10.1 Å². The Morgan fingerprint density at radius 3 is 2.77 bits per heavy atom. The molecule has 0 unspecified atom stereocenters. The molecule has 2 saturated heterocycles. The first-order chi connectivity index (χ1) is 19.8. The quantitative estimate of drug-likeness (QED) is 0.346. The van der Waals surface area contributed by atoms with Crippen molar-refractivity contribution in [1.29, 1.82) is 0 Å². The topological polar surface area (TPSA) is 81.7 Å². The number of halogens is 6. The van der Waals surface area contributed by atoms with Crippen molar-refractivity contribution in [2.45, 2.75) is 37.4 Å². The summed E-state index contributed by atoms with van der Waals surface area (Å²) >= 11 is 0. The smallest absolute Gasteiger partial charge is 0.280 e. The van der Waals surface area contributed by atoms with Gasteiger partial charge < -0.3 is 19.4 Å². The van der Waals surface area contributed by atoms with Gasteiger partial charge in [-0.15, -0.1) is 5.10 Å². The predicted octanol–water partition coefficient (Wildman–Crippen LogP) is 3.82. The summed E-state index contributed by atoms with van der Waals surface area (Å²) in [5.74, 6) is -6.34. The van der Waals surface area contributed by atoms with E-state index in [2.05, 4.69) is 20.4 Å². The number of nitrogens with one attached hydrogen (secondary N) is 1. The zero-order valence-corrected chi connectivity index (χ0v) is 20.1. The minimum atomic E-state index is -3.22. The van der Waals surface area contributed by atoms with E-state index in [1.54, 1.807) is 4.90 Å². The van der Waals surface area contributed by atoms with Gasteiger partial charge in [-0.25, -0.2) is 35.8 Å². The van der Waals surface area contributed by atoms with Gasteiger partial charge in [0.2, 0.25) is 11.8 Å². The number of nitrogens with zero attached hydrogens (tertiary/aromatic N) is 6. The number of hydrogen-bond acceptors (Lipinski definition) is 7. The highest BCUT2D eigenvalue weighted by Gasteiger charge is 2.47. The Morgan fingerprint density at radius 2 is 2.08 bits per heavy atom. The zero-order chi connectivity index (χ0) is 30.0. The van der Waals surface area contributed by atoms with Crippen LogP contribution in [0.3, 0.4) is 0 Å². The number of anilines is 1. The molecule has 0 spiro atoms. The lowest BCUT2D eigenvalue weighted by Crippen LogP contribution is -2.61. The summed E-state index contributed by atoms with van der Waals surface area (Å²) in [5, 5.41) is 6.59. The average Bonchev–Trinajstić information content (AvgIpc) is 3.38. The number of aromatic nitrogens is 5. The van der Waals surface area contributed by atoms with Crippen LogP contribution in [0.15, 0.2) is 24.7 Å². The van der Waals surface area contributed by atoms with Gasteiger partial charge in [0, 0.05) is 6.54 Å². The molecule has 0 radical (unpaired) electrons. The van der Waals surface area contributed by atoms with E-state index >= 15 is 13.2 Å². The van der Waals surface area contributed by atoms with E-state index in [1.807, 2.05) is 0 Å². The zero-order valence-electron chi connectivity index (χ0n) is 23.1. The molecule has 2 aliphatic heterocycles. The average molecular weight is 559 g/mol. The first kappa shape index (κ1) is 22.2. The number of piperidine rings is 1. The van der Waals surface area contributed by atoms with Gasteiger partial charge in [-0.3, -0.25) is 4.90 Å². The molecule has 1 atom stereocenters. The SMILES string of the molecule is [2H]C([2H])([2H])Oc1nc(N[C@@H]2CCN(C3COC3)CC2(F)F)nn2cc(F)c(-c3cc(F)c4ncn(CC(F)F)c4c3)c12. The highest BCUT2D eigenvalue weighted by Crippen LogP contribution is 2.37. The van der Waals surface area contributed by atoms with E-state index in [-0.39, 0.29) is 34.6 Å². The summed E-state index contributed by atoms with van der Waals surface area (Å²) in [6.07, 6.45) is -0.953. The molecule has 9 nitrogen and oxygen atoms in total. The molecule has 39 heavy (non-hydrogen) atoms. The molecular weight excluding hydrogens is 532 g/mol. The van der Waals surface area contributed by atoms with E-state index in [4.69, 9.17) is 13.6 Å². The molecule has 2 fully saturated rings. The molecule has 5 heterocycles. The van der Waals surface area contributed by atoms with Gasteiger partial charge in [0.25, 0.3) is 12.3 Å². The number of hydrogen-bond donors (Lipinski definition) is 1. The maximum absolute atomic E-state index is 15.4. The molecular formula is C24H23F6N7O2. The number of alkyl halides is 4. The summed E-state index contributed by atoms with van der Waals surface area (Å²) < 4.78 is 121. The molecule has 0 saturated carbocycles. The second-order valence-corrected chi connectivity index (χ2v) is 9.51. The van der Waals surface area contributed by atoms with Crippen LogP contribution in [0.1, 0.15) is 10.5 Å². The molecule has 15 heteroatoms. The Bertz CT molecular complexity index is 1640. The lowest BCUT2D eigenvalue weighted by Gasteiger charge is -2.44. The Kier molecular flexibility index (Phi) is 5.45. The minimum Gasteiger partial charge on any atom is -0.479 e. The summed E-state index contributed by atoms with van der Waals surface area (Å²) in [6, 6.07) is 0.578. The van der Waals surface area contributed by atoms with E-state index < -0.39 is 67.5 Å². The molecule has 4 aromatic rings. The number of fused-ring (bicyclic) bond motifs is 2. The van der Waals surface area contributed by atoms with Crippen molar-refractivity contribution in [3.63, 3.8) is 0 Å². The number of imidazole rings is 1. The fourth-order valence-electron chi connectivity index (χ4n) is 5.03. The maximum Gasteiger partial charge on any atom is 0.280 e. The standard InChI is InChI=1S/C24H23F6N7O2/c1-38-22-21-19(12-4-14(25)20-16(5-12)36(11-31-20)7-18(27)28)15(26)6-37(21)34-23(33-22)32-17-2-3-35(10-24(17,29)30)13-8-39-9-13/h4-6,11,13,17-18H,2-3,7-10H2,1H3,(H,32,34)/t17-/m1/s1/i1D3. The number of ether oxygens (including phenoxy) is 2. The van der Waals surface area contributed by atoms with Gasteiger partial charge in [0.1, 0.15) is 11.0 Å². The molecule has 3 aromatic heterocycles. The van der Waals surface area contributed by atoms with Crippen molar-refractivity contribution in [2.24, 2.45) is 0 Å². The van der Waals surface area contributed by atoms with E-state index in [0.717, 1.165) is 27.7 Å². The lowest BCUT2D eigenvalue weighted by molar-refractivity contribution is -0.131. The third-order valence-electron chi connectivity index (χ3n) is 7.02. The fraction of sp³-hybridized carbons (Fsp3) is 0.458. The van der Waals surface area contributed by atoms with Crippen LogP contribution in [-0.4, -0.2) is 86.8 Å². The normalized spacial score (nSPS) is 21.6. The second-order valence-electron chi connectivity index (χ2n) is 9.51. The molecule has 1 aromatic carbocycles. The Hall–Kier alpha value is -3.59. The molecule has 1 N–H and O–H groups in total. The van der Waals surface area contributed by atoms with Crippen molar-refractivity contribution >= 4 is 22.5 Å². The van der Waals surface area contributed by atoms with Crippen LogP contribution in [0.25, 0.3) is 27.7 Å². The summed E-state index contributed by atoms with van der Waals surface area (Å²) in [6.45, 7) is -0.270. The second kappa shape index (κ2) is 9.55. The van der Waals surface area contributed by atoms with E-state index in [0.29, 0.717) is 19.8 Å². The van der Waals surface area contributed by atoms with Gasteiger partial charge in [0.05, 0.1) is 73.1 Å². The van der Waals surface area contributed by atoms with Crippen LogP contribution in [0.5, 0.6) is 5.88 Å².